The molecule has 1 aromatic heterocycles. The lowest BCUT2D eigenvalue weighted by atomic mass is 10.0. The summed E-state index contributed by atoms with van der Waals surface area (Å²) in [5, 5.41) is 3.26. The Balaban J connectivity index is 1.53. The van der Waals surface area contributed by atoms with Crippen molar-refractivity contribution in [2.24, 2.45) is 0 Å². The molecular weight excluding hydrogens is 292 g/mol. The van der Waals surface area contributed by atoms with E-state index in [2.05, 4.69) is 41.5 Å². The first-order valence-corrected chi connectivity index (χ1v) is 8.70. The zero-order valence-corrected chi connectivity index (χ0v) is 14.0. The third-order valence-electron chi connectivity index (χ3n) is 4.31. The van der Waals surface area contributed by atoms with E-state index in [9.17, 15) is 4.79 Å². The zero-order chi connectivity index (χ0) is 15.6. The molecule has 1 fully saturated rings. The number of nitrogens with zero attached hydrogens (tertiary/aromatic N) is 1. The smallest absolute Gasteiger partial charge is 0.220 e. The molecule has 3 nitrogen and oxygen atoms in total. The summed E-state index contributed by atoms with van der Waals surface area (Å²) in [4.78, 5) is 17.7. The van der Waals surface area contributed by atoms with Gasteiger partial charge in [-0.2, -0.15) is 0 Å². The lowest BCUT2D eigenvalue weighted by Gasteiger charge is -2.18. The van der Waals surface area contributed by atoms with Crippen molar-refractivity contribution in [1.82, 2.24) is 10.3 Å². The molecule has 1 amide bonds. The molecule has 3 rings (SSSR count). The maximum atomic E-state index is 12.2. The van der Waals surface area contributed by atoms with Gasteiger partial charge >= 0.3 is 0 Å². The molecule has 4 heteroatoms. The number of amides is 1. The summed E-state index contributed by atoms with van der Waals surface area (Å²) in [5.74, 6) is 0.165. The van der Waals surface area contributed by atoms with Gasteiger partial charge in [0.15, 0.2) is 0 Å². The van der Waals surface area contributed by atoms with Gasteiger partial charge in [-0.05, 0) is 45.1 Å². The number of hydrogen-bond donors (Lipinski definition) is 1. The minimum Gasteiger partial charge on any atom is -0.350 e. The monoisotopic (exact) mass is 314 g/mol. The Hall–Kier alpha value is -1.68. The summed E-state index contributed by atoms with van der Waals surface area (Å²) in [6.07, 6.45) is 4.47. The van der Waals surface area contributed by atoms with Crippen molar-refractivity contribution in [3.63, 3.8) is 0 Å². The second-order valence-corrected chi connectivity index (χ2v) is 7.29. The van der Waals surface area contributed by atoms with E-state index in [1.807, 2.05) is 12.4 Å². The van der Waals surface area contributed by atoms with Gasteiger partial charge in [0.25, 0.3) is 0 Å². The van der Waals surface area contributed by atoms with Gasteiger partial charge in [0.05, 0.1) is 11.2 Å². The summed E-state index contributed by atoms with van der Waals surface area (Å²) in [6.45, 7) is 4.11. The van der Waals surface area contributed by atoms with E-state index in [1.54, 1.807) is 11.3 Å². The molecular formula is C18H22N2OS. The Morgan fingerprint density at radius 1 is 1.36 bits per heavy atom. The lowest BCUT2D eigenvalue weighted by molar-refractivity contribution is -0.122. The second-order valence-electron chi connectivity index (χ2n) is 6.36. The van der Waals surface area contributed by atoms with Crippen LogP contribution in [0.2, 0.25) is 0 Å². The first-order chi connectivity index (χ1) is 10.6. The average Bonchev–Trinajstić information content (AvgIpc) is 3.08. The van der Waals surface area contributed by atoms with E-state index in [0.29, 0.717) is 6.42 Å². The SMILES string of the molecule is Cc1cccc(CC2(NC(=O)CCc3scnc3C)CC2)c1. The van der Waals surface area contributed by atoms with Crippen molar-refractivity contribution in [2.45, 2.75) is 51.5 Å². The third-order valence-corrected chi connectivity index (χ3v) is 5.30. The van der Waals surface area contributed by atoms with Crippen LogP contribution >= 0.6 is 11.3 Å². The fourth-order valence-corrected chi connectivity index (χ4v) is 3.64. The average molecular weight is 314 g/mol. The van der Waals surface area contributed by atoms with Crippen LogP contribution < -0.4 is 5.32 Å². The highest BCUT2D eigenvalue weighted by molar-refractivity contribution is 7.09. The van der Waals surface area contributed by atoms with Crippen molar-refractivity contribution in [3.05, 3.63) is 51.5 Å². The first-order valence-electron chi connectivity index (χ1n) is 7.82. The van der Waals surface area contributed by atoms with Crippen LogP contribution in [0.1, 0.15) is 41.0 Å². The summed E-state index contributed by atoms with van der Waals surface area (Å²) < 4.78 is 0. The molecule has 0 radical (unpaired) electrons. The number of thiazole rings is 1. The number of aromatic nitrogens is 1. The van der Waals surface area contributed by atoms with Crippen LogP contribution in [0.15, 0.2) is 29.8 Å². The molecule has 0 unspecified atom stereocenters. The summed E-state index contributed by atoms with van der Waals surface area (Å²) >= 11 is 1.64. The maximum Gasteiger partial charge on any atom is 0.220 e. The Morgan fingerprint density at radius 3 is 2.82 bits per heavy atom. The largest absolute Gasteiger partial charge is 0.350 e. The highest BCUT2D eigenvalue weighted by atomic mass is 32.1. The van der Waals surface area contributed by atoms with Crippen molar-refractivity contribution >= 4 is 17.2 Å². The third kappa shape index (κ3) is 3.74. The van der Waals surface area contributed by atoms with Crippen LogP contribution in [0.3, 0.4) is 0 Å². The van der Waals surface area contributed by atoms with Gasteiger partial charge in [-0.1, -0.05) is 29.8 Å². The normalized spacial score (nSPS) is 15.5. The quantitative estimate of drug-likeness (QED) is 0.885. The van der Waals surface area contributed by atoms with Gasteiger partial charge < -0.3 is 5.32 Å². The Labute approximate surface area is 135 Å². The molecule has 1 saturated carbocycles. The second kappa shape index (κ2) is 6.21. The molecule has 0 bridgehead atoms. The Morgan fingerprint density at radius 2 is 2.18 bits per heavy atom. The summed E-state index contributed by atoms with van der Waals surface area (Å²) in [7, 11) is 0. The van der Waals surface area contributed by atoms with Gasteiger partial charge in [0, 0.05) is 16.8 Å². The van der Waals surface area contributed by atoms with E-state index in [4.69, 9.17) is 0 Å². The fraction of sp³-hybridized carbons (Fsp3) is 0.444. The summed E-state index contributed by atoms with van der Waals surface area (Å²) in [6, 6.07) is 8.57. The summed E-state index contributed by atoms with van der Waals surface area (Å²) in [5.41, 5.74) is 5.51. The van der Waals surface area contributed by atoms with Crippen LogP contribution in [0, 0.1) is 13.8 Å². The van der Waals surface area contributed by atoms with Crippen molar-refractivity contribution < 1.29 is 4.79 Å². The molecule has 116 valence electrons. The van der Waals surface area contributed by atoms with Crippen LogP contribution in [-0.4, -0.2) is 16.4 Å². The fourth-order valence-electron chi connectivity index (χ4n) is 2.86. The number of aryl methyl sites for hydroxylation is 3. The maximum absolute atomic E-state index is 12.2. The van der Waals surface area contributed by atoms with E-state index in [1.165, 1.54) is 16.0 Å². The highest BCUT2D eigenvalue weighted by Gasteiger charge is 2.43. The minimum atomic E-state index is 0.00756. The molecule has 22 heavy (non-hydrogen) atoms. The van der Waals surface area contributed by atoms with Gasteiger partial charge in [-0.3, -0.25) is 4.79 Å². The molecule has 0 atom stereocenters. The molecule has 1 aliphatic carbocycles. The van der Waals surface area contributed by atoms with Gasteiger partial charge in [-0.15, -0.1) is 11.3 Å². The van der Waals surface area contributed by atoms with Crippen molar-refractivity contribution in [3.8, 4) is 0 Å². The number of nitrogens with one attached hydrogen (secondary N) is 1. The van der Waals surface area contributed by atoms with Crippen molar-refractivity contribution in [2.75, 3.05) is 0 Å². The molecule has 1 aromatic carbocycles. The standard InChI is InChI=1S/C18H22N2OS/c1-13-4-3-5-15(10-13)11-18(8-9-18)20-17(21)7-6-16-14(2)19-12-22-16/h3-5,10,12H,6-9,11H2,1-2H3,(H,20,21). The van der Waals surface area contributed by atoms with Crippen LogP contribution in [0.25, 0.3) is 0 Å². The topological polar surface area (TPSA) is 42.0 Å². The lowest BCUT2D eigenvalue weighted by Crippen LogP contribution is -2.38. The number of benzene rings is 1. The number of carbonyl (C=O) groups is 1. The van der Waals surface area contributed by atoms with Crippen LogP contribution in [-0.2, 0) is 17.6 Å². The molecule has 0 aliphatic heterocycles. The van der Waals surface area contributed by atoms with Gasteiger partial charge in [0.2, 0.25) is 5.91 Å². The molecule has 2 aromatic rings. The van der Waals surface area contributed by atoms with E-state index in [-0.39, 0.29) is 11.4 Å². The first kappa shape index (κ1) is 15.2. The number of carbonyl (C=O) groups excluding carboxylic acids is 1. The van der Waals surface area contributed by atoms with E-state index < -0.39 is 0 Å². The molecule has 0 spiro atoms. The van der Waals surface area contributed by atoms with Gasteiger partial charge in [0.1, 0.15) is 0 Å². The number of rotatable bonds is 6. The molecule has 1 N–H and O–H groups in total. The van der Waals surface area contributed by atoms with E-state index in [0.717, 1.165) is 31.4 Å². The number of hydrogen-bond acceptors (Lipinski definition) is 3. The predicted molar refractivity (Wildman–Crippen MR) is 90.2 cm³/mol. The van der Waals surface area contributed by atoms with Crippen molar-refractivity contribution in [1.29, 1.82) is 0 Å². The molecule has 1 heterocycles. The van der Waals surface area contributed by atoms with Crippen LogP contribution in [0.4, 0.5) is 0 Å². The Kier molecular flexibility index (Phi) is 4.30. The van der Waals surface area contributed by atoms with Crippen LogP contribution in [0.5, 0.6) is 0 Å². The van der Waals surface area contributed by atoms with E-state index >= 15 is 0 Å². The van der Waals surface area contributed by atoms with Gasteiger partial charge in [-0.25, -0.2) is 4.98 Å². The minimum absolute atomic E-state index is 0.00756. The molecule has 1 aliphatic rings. The highest BCUT2D eigenvalue weighted by Crippen LogP contribution is 2.38. The Bertz CT molecular complexity index is 673. The molecule has 0 saturated heterocycles. The zero-order valence-electron chi connectivity index (χ0n) is 13.2. The predicted octanol–water partition coefficient (Wildman–Crippen LogP) is 3.58.